The monoisotopic (exact) mass is 371 g/mol. The molecule has 4 nitrogen and oxygen atoms in total. The molecule has 1 aliphatic heterocycles. The first-order valence-corrected chi connectivity index (χ1v) is 9.71. The molecule has 0 radical (unpaired) electrons. The van der Waals surface area contributed by atoms with Crippen LogP contribution >= 0.6 is 22.9 Å². The van der Waals surface area contributed by atoms with E-state index >= 15 is 0 Å². The van der Waals surface area contributed by atoms with Crippen LogP contribution in [0.15, 0.2) is 29.6 Å². The van der Waals surface area contributed by atoms with Gasteiger partial charge in [0.05, 0.1) is 17.1 Å². The number of hydrogen-bond acceptors (Lipinski definition) is 4. The summed E-state index contributed by atoms with van der Waals surface area (Å²) in [5.74, 6) is 0.649. The van der Waals surface area contributed by atoms with Crippen LogP contribution in [-0.2, 0) is 11.2 Å². The second-order valence-corrected chi connectivity index (χ2v) is 8.06. The number of rotatable bonds is 4. The Balaban J connectivity index is 1.45. The van der Waals surface area contributed by atoms with Gasteiger partial charge in [-0.25, -0.2) is 0 Å². The molecule has 0 bridgehead atoms. The van der Waals surface area contributed by atoms with Gasteiger partial charge in [-0.2, -0.15) is 5.26 Å². The predicted molar refractivity (Wildman–Crippen MR) is 99.9 cm³/mol. The quantitative estimate of drug-likeness (QED) is 0.875. The Kier molecular flexibility index (Phi) is 4.51. The lowest BCUT2D eigenvalue weighted by Crippen LogP contribution is -2.41. The molecule has 6 heteroatoms. The maximum atomic E-state index is 12.5. The van der Waals surface area contributed by atoms with Gasteiger partial charge in [-0.1, -0.05) is 11.6 Å². The number of thiophene rings is 1. The maximum absolute atomic E-state index is 12.5. The fraction of sp³-hybridized carbons (Fsp3) is 0.368. The van der Waals surface area contributed by atoms with Gasteiger partial charge < -0.3 is 5.32 Å². The molecule has 1 aromatic heterocycles. The second-order valence-electron chi connectivity index (χ2n) is 6.66. The number of fused-ring (bicyclic) bond motifs is 1. The molecule has 1 saturated carbocycles. The Morgan fingerprint density at radius 3 is 2.96 bits per heavy atom. The van der Waals surface area contributed by atoms with E-state index < -0.39 is 0 Å². The fourth-order valence-corrected chi connectivity index (χ4v) is 4.74. The summed E-state index contributed by atoms with van der Waals surface area (Å²) in [5.41, 5.74) is 2.47. The highest BCUT2D eigenvalue weighted by atomic mass is 35.5. The van der Waals surface area contributed by atoms with Gasteiger partial charge in [0.2, 0.25) is 5.91 Å². The van der Waals surface area contributed by atoms with Gasteiger partial charge in [0.25, 0.3) is 0 Å². The van der Waals surface area contributed by atoms with E-state index in [1.165, 1.54) is 23.3 Å². The third-order valence-electron chi connectivity index (χ3n) is 4.91. The van der Waals surface area contributed by atoms with Crippen molar-refractivity contribution in [1.29, 1.82) is 5.26 Å². The molecular weight excluding hydrogens is 354 g/mol. The van der Waals surface area contributed by atoms with Crippen molar-refractivity contribution in [3.8, 4) is 6.07 Å². The number of nitriles is 1. The number of amides is 1. The first-order valence-electron chi connectivity index (χ1n) is 8.45. The molecular formula is C19H18ClN3OS. The fourth-order valence-electron chi connectivity index (χ4n) is 3.61. The van der Waals surface area contributed by atoms with Crippen LogP contribution in [0.3, 0.4) is 0 Å². The molecule has 2 heterocycles. The zero-order chi connectivity index (χ0) is 17.4. The lowest BCUT2D eigenvalue weighted by molar-refractivity contribution is -0.118. The second kappa shape index (κ2) is 6.80. The number of benzene rings is 1. The van der Waals surface area contributed by atoms with Crippen LogP contribution in [0.5, 0.6) is 0 Å². The summed E-state index contributed by atoms with van der Waals surface area (Å²) < 4.78 is 0. The highest BCUT2D eigenvalue weighted by molar-refractivity contribution is 7.10. The summed E-state index contributed by atoms with van der Waals surface area (Å²) in [6.07, 6.45) is 3.53. The number of anilines is 1. The lowest BCUT2D eigenvalue weighted by Gasteiger charge is -2.35. The first-order chi connectivity index (χ1) is 12.2. The van der Waals surface area contributed by atoms with Crippen molar-refractivity contribution < 1.29 is 4.79 Å². The topological polar surface area (TPSA) is 56.1 Å². The Hall–Kier alpha value is -1.87. The van der Waals surface area contributed by atoms with Crippen LogP contribution in [0.1, 0.15) is 34.9 Å². The van der Waals surface area contributed by atoms with Crippen molar-refractivity contribution in [2.75, 3.05) is 18.4 Å². The van der Waals surface area contributed by atoms with Crippen LogP contribution < -0.4 is 5.32 Å². The number of hydrogen-bond donors (Lipinski definition) is 1. The Morgan fingerprint density at radius 2 is 2.24 bits per heavy atom. The van der Waals surface area contributed by atoms with Gasteiger partial charge in [0.15, 0.2) is 0 Å². The van der Waals surface area contributed by atoms with Crippen molar-refractivity contribution in [3.63, 3.8) is 0 Å². The van der Waals surface area contributed by atoms with Crippen molar-refractivity contribution in [3.05, 3.63) is 50.7 Å². The highest BCUT2D eigenvalue weighted by Gasteiger charge is 2.40. The smallest absolute Gasteiger partial charge is 0.238 e. The van der Waals surface area contributed by atoms with E-state index in [1.807, 2.05) is 17.4 Å². The van der Waals surface area contributed by atoms with Crippen LogP contribution in [0, 0.1) is 17.2 Å². The number of nitrogens with one attached hydrogen (secondary N) is 1. The van der Waals surface area contributed by atoms with Gasteiger partial charge in [0, 0.05) is 23.2 Å². The molecule has 0 saturated heterocycles. The number of halogens is 1. The highest BCUT2D eigenvalue weighted by Crippen LogP contribution is 2.48. The molecule has 0 unspecified atom stereocenters. The largest absolute Gasteiger partial charge is 0.325 e. The Bertz CT molecular complexity index is 853. The number of carbonyl (C=O) groups excluding carboxylic acids is 1. The molecule has 1 fully saturated rings. The normalized spacial score (nSPS) is 19.9. The third-order valence-corrected chi connectivity index (χ3v) is 6.22. The molecule has 1 amide bonds. The van der Waals surface area contributed by atoms with Crippen molar-refractivity contribution in [2.45, 2.75) is 25.3 Å². The summed E-state index contributed by atoms with van der Waals surface area (Å²) in [7, 11) is 0. The average molecular weight is 372 g/mol. The minimum Gasteiger partial charge on any atom is -0.325 e. The standard InChI is InChI=1S/C19H18ClN3OS/c20-16-9-14(4-3-13(16)10-21)22-18(24)11-23-7-5-17-15(6-8-25-17)19(23)12-1-2-12/h3-4,6,8-9,12,19H,1-2,5,7,11H2,(H,22,24)/t19-/m1/s1. The van der Waals surface area contributed by atoms with Crippen molar-refractivity contribution in [1.82, 2.24) is 4.90 Å². The first kappa shape index (κ1) is 16.6. The van der Waals surface area contributed by atoms with E-state index in [4.69, 9.17) is 16.9 Å². The van der Waals surface area contributed by atoms with Crippen LogP contribution in [0.4, 0.5) is 5.69 Å². The van der Waals surface area contributed by atoms with Gasteiger partial charge in [0.1, 0.15) is 6.07 Å². The molecule has 1 atom stereocenters. The molecule has 1 aliphatic carbocycles. The van der Waals surface area contributed by atoms with E-state index in [-0.39, 0.29) is 5.91 Å². The molecule has 1 N–H and O–H groups in total. The van der Waals surface area contributed by atoms with Crippen molar-refractivity contribution >= 4 is 34.5 Å². The zero-order valence-electron chi connectivity index (χ0n) is 13.7. The number of carbonyl (C=O) groups is 1. The van der Waals surface area contributed by atoms with Gasteiger partial charge in [-0.3, -0.25) is 9.69 Å². The Labute approximate surface area is 156 Å². The van der Waals surface area contributed by atoms with Gasteiger partial charge in [-0.05, 0) is 60.4 Å². The number of nitrogens with zero attached hydrogens (tertiary/aromatic N) is 2. The predicted octanol–water partition coefficient (Wildman–Crippen LogP) is 4.22. The Morgan fingerprint density at radius 1 is 1.40 bits per heavy atom. The molecule has 25 heavy (non-hydrogen) atoms. The zero-order valence-corrected chi connectivity index (χ0v) is 15.2. The summed E-state index contributed by atoms with van der Waals surface area (Å²) in [6, 6.07) is 9.60. The van der Waals surface area contributed by atoms with Gasteiger partial charge in [-0.15, -0.1) is 11.3 Å². The summed E-state index contributed by atoms with van der Waals surface area (Å²) >= 11 is 7.87. The molecule has 0 spiro atoms. The van der Waals surface area contributed by atoms with E-state index in [0.717, 1.165) is 13.0 Å². The molecule has 2 aromatic rings. The summed E-state index contributed by atoms with van der Waals surface area (Å²) in [6.45, 7) is 1.31. The minimum atomic E-state index is -0.0369. The SMILES string of the molecule is N#Cc1ccc(NC(=O)CN2CCc3sccc3[C@H]2C2CC2)cc1Cl. The summed E-state index contributed by atoms with van der Waals surface area (Å²) in [4.78, 5) is 16.3. The average Bonchev–Trinajstić information content (AvgIpc) is 3.31. The van der Waals surface area contributed by atoms with Crippen molar-refractivity contribution in [2.24, 2.45) is 5.92 Å². The van der Waals surface area contributed by atoms with Crippen LogP contribution in [0.25, 0.3) is 0 Å². The minimum absolute atomic E-state index is 0.0369. The maximum Gasteiger partial charge on any atom is 0.238 e. The van der Waals surface area contributed by atoms with Crippen LogP contribution in [-0.4, -0.2) is 23.9 Å². The summed E-state index contributed by atoms with van der Waals surface area (Å²) in [5, 5.41) is 14.4. The molecule has 4 rings (SSSR count). The van der Waals surface area contributed by atoms with E-state index in [2.05, 4.69) is 21.7 Å². The van der Waals surface area contributed by atoms with E-state index in [9.17, 15) is 4.79 Å². The third kappa shape index (κ3) is 3.43. The van der Waals surface area contributed by atoms with E-state index in [0.29, 0.717) is 34.8 Å². The molecule has 1 aromatic carbocycles. The van der Waals surface area contributed by atoms with E-state index in [1.54, 1.807) is 18.2 Å². The van der Waals surface area contributed by atoms with Gasteiger partial charge >= 0.3 is 0 Å². The molecule has 2 aliphatic rings. The molecule has 128 valence electrons. The van der Waals surface area contributed by atoms with Crippen LogP contribution in [0.2, 0.25) is 5.02 Å². The lowest BCUT2D eigenvalue weighted by atomic mass is 9.96.